The van der Waals surface area contributed by atoms with Gasteiger partial charge < -0.3 is 10.5 Å². The number of rotatable bonds is 4. The van der Waals surface area contributed by atoms with Crippen molar-refractivity contribution in [2.75, 3.05) is 0 Å². The predicted molar refractivity (Wildman–Crippen MR) is 77.8 cm³/mol. The summed E-state index contributed by atoms with van der Waals surface area (Å²) in [4.78, 5) is 0. The van der Waals surface area contributed by atoms with Crippen molar-refractivity contribution in [1.82, 2.24) is 0 Å². The Morgan fingerprint density at radius 1 is 1.21 bits per heavy atom. The van der Waals surface area contributed by atoms with Gasteiger partial charge in [0, 0.05) is 22.1 Å². The maximum atomic E-state index is 13.9. The zero-order valence-electron chi connectivity index (χ0n) is 10.00. The number of hydrogen-bond donors (Lipinski definition) is 1. The first-order chi connectivity index (χ1) is 9.11. The molecule has 0 heterocycles. The van der Waals surface area contributed by atoms with Gasteiger partial charge in [0.2, 0.25) is 0 Å². The molecule has 0 saturated heterocycles. The molecule has 2 nitrogen and oxygen atoms in total. The largest absolute Gasteiger partial charge is 0.487 e. The Morgan fingerprint density at radius 2 is 1.95 bits per heavy atom. The van der Waals surface area contributed by atoms with Crippen molar-refractivity contribution >= 4 is 27.5 Å². The molecule has 0 fully saturated rings. The van der Waals surface area contributed by atoms with Crippen LogP contribution in [0.1, 0.15) is 11.1 Å². The van der Waals surface area contributed by atoms with E-state index in [0.717, 1.165) is 4.47 Å². The number of halogens is 3. The highest BCUT2D eigenvalue weighted by atomic mass is 79.9. The van der Waals surface area contributed by atoms with Gasteiger partial charge in [0.1, 0.15) is 18.2 Å². The molecule has 0 aliphatic carbocycles. The summed E-state index contributed by atoms with van der Waals surface area (Å²) in [5.74, 6) is 0.195. The fourth-order valence-corrected chi connectivity index (χ4v) is 2.38. The lowest BCUT2D eigenvalue weighted by molar-refractivity contribution is 0.299. The average molecular weight is 345 g/mol. The summed E-state index contributed by atoms with van der Waals surface area (Å²) >= 11 is 9.33. The van der Waals surface area contributed by atoms with Gasteiger partial charge in [0.25, 0.3) is 0 Å². The van der Waals surface area contributed by atoms with E-state index >= 15 is 0 Å². The Morgan fingerprint density at radius 3 is 2.63 bits per heavy atom. The number of hydrogen-bond acceptors (Lipinski definition) is 2. The lowest BCUT2D eigenvalue weighted by Crippen LogP contribution is -2.05. The van der Waals surface area contributed by atoms with Crippen LogP contribution in [0.2, 0.25) is 5.02 Å². The van der Waals surface area contributed by atoms with Crippen molar-refractivity contribution in [3.05, 3.63) is 62.8 Å². The lowest BCUT2D eigenvalue weighted by Gasteiger charge is -2.10. The second-order valence-corrected chi connectivity index (χ2v) is 5.28. The van der Waals surface area contributed by atoms with Crippen molar-refractivity contribution < 1.29 is 9.13 Å². The first kappa shape index (κ1) is 14.3. The molecule has 0 aliphatic heterocycles. The third kappa shape index (κ3) is 3.47. The van der Waals surface area contributed by atoms with Gasteiger partial charge in [-0.05, 0) is 18.2 Å². The Hall–Kier alpha value is -1.10. The monoisotopic (exact) mass is 343 g/mol. The molecule has 0 aromatic heterocycles. The third-order valence-corrected chi connectivity index (χ3v) is 3.44. The quantitative estimate of drug-likeness (QED) is 0.898. The second-order valence-electron chi connectivity index (χ2n) is 3.96. The molecule has 0 atom stereocenters. The van der Waals surface area contributed by atoms with Crippen molar-refractivity contribution in [3.8, 4) is 5.75 Å². The molecule has 0 amide bonds. The minimum Gasteiger partial charge on any atom is -0.487 e. The zero-order chi connectivity index (χ0) is 13.8. The number of nitrogens with two attached hydrogens (primary N) is 1. The van der Waals surface area contributed by atoms with Crippen LogP contribution in [0.3, 0.4) is 0 Å². The highest BCUT2D eigenvalue weighted by Crippen LogP contribution is 2.28. The standard InChI is InChI=1S/C14H12BrClFNO/c15-11-4-5-13(12(16)6-11)19-8-10-3-1-2-9(7-18)14(10)17/h1-6H,7-8,18H2. The summed E-state index contributed by atoms with van der Waals surface area (Å²) in [6.07, 6.45) is 0. The maximum Gasteiger partial charge on any atom is 0.138 e. The number of benzene rings is 2. The van der Waals surface area contributed by atoms with Crippen LogP contribution in [0.25, 0.3) is 0 Å². The minimum atomic E-state index is -0.321. The summed E-state index contributed by atoms with van der Waals surface area (Å²) in [6, 6.07) is 10.4. The molecule has 2 aromatic rings. The molecule has 2 N–H and O–H groups in total. The van der Waals surface area contributed by atoms with Crippen LogP contribution in [0.15, 0.2) is 40.9 Å². The molecule has 5 heteroatoms. The van der Waals surface area contributed by atoms with Crippen LogP contribution in [-0.2, 0) is 13.2 Å². The summed E-state index contributed by atoms with van der Waals surface area (Å²) in [5.41, 5.74) is 6.40. The topological polar surface area (TPSA) is 35.2 Å². The predicted octanol–water partition coefficient (Wildman–Crippen LogP) is 4.28. The molecule has 0 radical (unpaired) electrons. The maximum absolute atomic E-state index is 13.9. The SMILES string of the molecule is NCc1cccc(COc2ccc(Br)cc2Cl)c1F. The molecule has 0 bridgehead atoms. The van der Waals surface area contributed by atoms with E-state index in [1.807, 2.05) is 6.07 Å². The molecule has 2 aromatic carbocycles. The Bertz CT molecular complexity index is 592. The van der Waals surface area contributed by atoms with Gasteiger partial charge in [-0.25, -0.2) is 4.39 Å². The summed E-state index contributed by atoms with van der Waals surface area (Å²) < 4.78 is 20.3. The van der Waals surface area contributed by atoms with E-state index < -0.39 is 0 Å². The normalized spacial score (nSPS) is 10.5. The van der Waals surface area contributed by atoms with Crippen LogP contribution < -0.4 is 10.5 Å². The van der Waals surface area contributed by atoms with Crippen LogP contribution >= 0.6 is 27.5 Å². The van der Waals surface area contributed by atoms with Gasteiger partial charge in [-0.2, -0.15) is 0 Å². The van der Waals surface area contributed by atoms with Crippen molar-refractivity contribution in [2.24, 2.45) is 5.73 Å². The first-order valence-corrected chi connectivity index (χ1v) is 6.83. The Kier molecular flexibility index (Phi) is 4.80. The Balaban J connectivity index is 2.14. The summed E-state index contributed by atoms with van der Waals surface area (Å²) in [7, 11) is 0. The fraction of sp³-hybridized carbons (Fsp3) is 0.143. The molecule has 0 spiro atoms. The van der Waals surface area contributed by atoms with Gasteiger partial charge >= 0.3 is 0 Å². The van der Waals surface area contributed by atoms with E-state index in [2.05, 4.69) is 15.9 Å². The van der Waals surface area contributed by atoms with Gasteiger partial charge in [-0.3, -0.25) is 0 Å². The second kappa shape index (κ2) is 6.37. The van der Waals surface area contributed by atoms with Gasteiger partial charge in [-0.1, -0.05) is 45.7 Å². The fourth-order valence-electron chi connectivity index (χ4n) is 1.65. The lowest BCUT2D eigenvalue weighted by atomic mass is 10.1. The molecular weight excluding hydrogens is 333 g/mol. The van der Waals surface area contributed by atoms with Crippen LogP contribution in [0.5, 0.6) is 5.75 Å². The highest BCUT2D eigenvalue weighted by Gasteiger charge is 2.08. The van der Waals surface area contributed by atoms with E-state index in [-0.39, 0.29) is 19.0 Å². The molecule has 100 valence electrons. The van der Waals surface area contributed by atoms with E-state index in [1.54, 1.807) is 30.3 Å². The molecule has 0 unspecified atom stereocenters. The molecular formula is C14H12BrClFNO. The number of ether oxygens (including phenoxy) is 1. The molecule has 19 heavy (non-hydrogen) atoms. The Labute approximate surface area is 124 Å². The van der Waals surface area contributed by atoms with Gasteiger partial charge in [0.05, 0.1) is 5.02 Å². The van der Waals surface area contributed by atoms with E-state index in [1.165, 1.54) is 0 Å². The van der Waals surface area contributed by atoms with Crippen LogP contribution in [0, 0.1) is 5.82 Å². The van der Waals surface area contributed by atoms with Gasteiger partial charge in [0.15, 0.2) is 0 Å². The van der Waals surface area contributed by atoms with Crippen LogP contribution in [-0.4, -0.2) is 0 Å². The first-order valence-electron chi connectivity index (χ1n) is 5.66. The third-order valence-electron chi connectivity index (χ3n) is 2.66. The van der Waals surface area contributed by atoms with Crippen molar-refractivity contribution in [1.29, 1.82) is 0 Å². The summed E-state index contributed by atoms with van der Waals surface area (Å²) in [6.45, 7) is 0.278. The van der Waals surface area contributed by atoms with E-state index in [0.29, 0.717) is 21.9 Å². The van der Waals surface area contributed by atoms with Gasteiger partial charge in [-0.15, -0.1) is 0 Å². The minimum absolute atomic E-state index is 0.112. The molecule has 2 rings (SSSR count). The molecule has 0 aliphatic rings. The van der Waals surface area contributed by atoms with E-state index in [4.69, 9.17) is 22.1 Å². The molecule has 0 saturated carbocycles. The average Bonchev–Trinajstić information content (AvgIpc) is 2.39. The van der Waals surface area contributed by atoms with Crippen LogP contribution in [0.4, 0.5) is 4.39 Å². The summed E-state index contributed by atoms with van der Waals surface area (Å²) in [5, 5.41) is 0.477. The van der Waals surface area contributed by atoms with Crippen molar-refractivity contribution in [2.45, 2.75) is 13.2 Å². The highest BCUT2D eigenvalue weighted by molar-refractivity contribution is 9.10. The van der Waals surface area contributed by atoms with E-state index in [9.17, 15) is 4.39 Å². The smallest absolute Gasteiger partial charge is 0.138 e. The zero-order valence-corrected chi connectivity index (χ0v) is 12.3. The van der Waals surface area contributed by atoms with Crippen molar-refractivity contribution in [3.63, 3.8) is 0 Å².